The molecule has 2 unspecified atom stereocenters. The maximum absolute atomic E-state index is 3.99. The molecule has 19 heavy (non-hydrogen) atoms. The van der Waals surface area contributed by atoms with Crippen LogP contribution < -0.4 is 5.32 Å². The molecule has 2 rings (SSSR count). The van der Waals surface area contributed by atoms with Crippen LogP contribution in [0, 0.1) is 16.7 Å². The molecular formula is C18H35N. The first-order valence-corrected chi connectivity index (χ1v) is 8.64. The molecule has 0 heterocycles. The number of rotatable bonds is 3. The van der Waals surface area contributed by atoms with E-state index in [-0.39, 0.29) is 0 Å². The van der Waals surface area contributed by atoms with Gasteiger partial charge < -0.3 is 5.32 Å². The van der Waals surface area contributed by atoms with E-state index < -0.39 is 0 Å². The van der Waals surface area contributed by atoms with Crippen LogP contribution in [0.4, 0.5) is 0 Å². The average molecular weight is 265 g/mol. The SMILES string of the molecule is CC1(CNC2CCCCC2C(C)(C)C)CCCCC1. The zero-order valence-electron chi connectivity index (χ0n) is 13.7. The molecule has 2 fully saturated rings. The van der Waals surface area contributed by atoms with Crippen LogP contribution in [0.5, 0.6) is 0 Å². The second-order valence-corrected chi connectivity index (χ2v) is 8.62. The van der Waals surface area contributed by atoms with Gasteiger partial charge >= 0.3 is 0 Å². The topological polar surface area (TPSA) is 12.0 Å². The molecule has 0 aliphatic heterocycles. The van der Waals surface area contributed by atoms with Crippen LogP contribution in [0.1, 0.15) is 85.5 Å². The predicted octanol–water partition coefficient (Wildman–Crippen LogP) is 5.15. The summed E-state index contributed by atoms with van der Waals surface area (Å²) in [6.45, 7) is 11.1. The van der Waals surface area contributed by atoms with Crippen molar-refractivity contribution in [2.45, 2.75) is 91.5 Å². The quantitative estimate of drug-likeness (QED) is 0.744. The lowest BCUT2D eigenvalue weighted by molar-refractivity contribution is 0.112. The Morgan fingerprint density at radius 3 is 2.21 bits per heavy atom. The maximum Gasteiger partial charge on any atom is 0.0100 e. The first-order valence-electron chi connectivity index (χ1n) is 8.64. The molecule has 0 aromatic rings. The lowest BCUT2D eigenvalue weighted by atomic mass is 9.69. The fourth-order valence-electron chi connectivity index (χ4n) is 4.37. The standard InChI is InChI=1S/C18H35N/c1-17(2,3)15-10-6-7-11-16(15)19-14-18(4)12-8-5-9-13-18/h15-16,19H,5-14H2,1-4H3. The van der Waals surface area contributed by atoms with Crippen molar-refractivity contribution in [3.63, 3.8) is 0 Å². The van der Waals surface area contributed by atoms with Crippen molar-refractivity contribution in [3.8, 4) is 0 Å². The summed E-state index contributed by atoms with van der Waals surface area (Å²) in [5, 5.41) is 3.99. The Hall–Kier alpha value is -0.0400. The number of nitrogens with one attached hydrogen (secondary N) is 1. The minimum Gasteiger partial charge on any atom is -0.313 e. The molecule has 1 heteroatoms. The third kappa shape index (κ3) is 4.21. The Morgan fingerprint density at radius 1 is 0.947 bits per heavy atom. The lowest BCUT2D eigenvalue weighted by Gasteiger charge is -2.43. The van der Waals surface area contributed by atoms with Crippen molar-refractivity contribution in [3.05, 3.63) is 0 Å². The molecule has 0 saturated heterocycles. The van der Waals surface area contributed by atoms with Gasteiger partial charge in [0.15, 0.2) is 0 Å². The van der Waals surface area contributed by atoms with Gasteiger partial charge in [0.05, 0.1) is 0 Å². The molecule has 112 valence electrons. The van der Waals surface area contributed by atoms with E-state index in [0.29, 0.717) is 10.8 Å². The highest BCUT2D eigenvalue weighted by Gasteiger charge is 2.35. The van der Waals surface area contributed by atoms with E-state index in [1.165, 1.54) is 64.3 Å². The average Bonchev–Trinajstić information content (AvgIpc) is 2.37. The normalized spacial score (nSPS) is 32.2. The van der Waals surface area contributed by atoms with Crippen LogP contribution in [0.2, 0.25) is 0 Å². The van der Waals surface area contributed by atoms with Crippen molar-refractivity contribution in [2.75, 3.05) is 6.54 Å². The summed E-state index contributed by atoms with van der Waals surface area (Å²) in [6.07, 6.45) is 12.9. The molecule has 1 nitrogen and oxygen atoms in total. The Kier molecular flexibility index (Phi) is 4.98. The smallest absolute Gasteiger partial charge is 0.0100 e. The molecule has 1 N–H and O–H groups in total. The van der Waals surface area contributed by atoms with Gasteiger partial charge in [0.2, 0.25) is 0 Å². The molecule has 2 aliphatic carbocycles. The number of hydrogen-bond acceptors (Lipinski definition) is 1. The third-order valence-corrected chi connectivity index (χ3v) is 5.73. The Labute approximate surface area is 120 Å². The van der Waals surface area contributed by atoms with Crippen molar-refractivity contribution in [1.82, 2.24) is 5.32 Å². The molecule has 0 amide bonds. The summed E-state index contributed by atoms with van der Waals surface area (Å²) in [4.78, 5) is 0. The van der Waals surface area contributed by atoms with Crippen LogP contribution in [0.25, 0.3) is 0 Å². The molecule has 0 radical (unpaired) electrons. The zero-order valence-corrected chi connectivity index (χ0v) is 13.7. The summed E-state index contributed by atoms with van der Waals surface area (Å²) in [5.41, 5.74) is 1.05. The van der Waals surface area contributed by atoms with Crippen molar-refractivity contribution < 1.29 is 0 Å². The Morgan fingerprint density at radius 2 is 1.58 bits per heavy atom. The summed E-state index contributed by atoms with van der Waals surface area (Å²) >= 11 is 0. The Bertz CT molecular complexity index is 270. The molecule has 0 aromatic heterocycles. The molecule has 2 aliphatic rings. The van der Waals surface area contributed by atoms with Gasteiger partial charge in [-0.1, -0.05) is 59.8 Å². The van der Waals surface area contributed by atoms with Gasteiger partial charge in [0.25, 0.3) is 0 Å². The molecular weight excluding hydrogens is 230 g/mol. The molecule has 0 spiro atoms. The monoisotopic (exact) mass is 265 g/mol. The second kappa shape index (κ2) is 6.16. The van der Waals surface area contributed by atoms with E-state index >= 15 is 0 Å². The van der Waals surface area contributed by atoms with Crippen molar-refractivity contribution in [2.24, 2.45) is 16.7 Å². The van der Waals surface area contributed by atoms with Crippen molar-refractivity contribution >= 4 is 0 Å². The van der Waals surface area contributed by atoms with E-state index in [1.54, 1.807) is 0 Å². The molecule has 2 atom stereocenters. The third-order valence-electron chi connectivity index (χ3n) is 5.73. The maximum atomic E-state index is 3.99. The molecule has 0 aromatic carbocycles. The minimum atomic E-state index is 0.464. The van der Waals surface area contributed by atoms with Gasteiger partial charge in [-0.25, -0.2) is 0 Å². The zero-order chi connectivity index (χ0) is 13.9. The van der Waals surface area contributed by atoms with Crippen LogP contribution in [0.15, 0.2) is 0 Å². The summed E-state index contributed by atoms with van der Waals surface area (Å²) in [7, 11) is 0. The Balaban J connectivity index is 1.89. The van der Waals surface area contributed by atoms with Crippen LogP contribution in [-0.4, -0.2) is 12.6 Å². The van der Waals surface area contributed by atoms with E-state index in [4.69, 9.17) is 0 Å². The first kappa shape index (κ1) is 15.4. The van der Waals surface area contributed by atoms with E-state index in [1.807, 2.05) is 0 Å². The minimum absolute atomic E-state index is 0.464. The summed E-state index contributed by atoms with van der Waals surface area (Å²) in [5.74, 6) is 0.869. The van der Waals surface area contributed by atoms with E-state index in [9.17, 15) is 0 Å². The highest BCUT2D eigenvalue weighted by molar-refractivity contribution is 4.90. The van der Waals surface area contributed by atoms with Gasteiger partial charge in [-0.05, 0) is 42.4 Å². The van der Waals surface area contributed by atoms with Gasteiger partial charge in [-0.3, -0.25) is 0 Å². The predicted molar refractivity (Wildman–Crippen MR) is 84.4 cm³/mol. The molecule has 2 saturated carbocycles. The highest BCUT2D eigenvalue weighted by Crippen LogP contribution is 2.39. The first-order chi connectivity index (χ1) is 8.91. The van der Waals surface area contributed by atoms with Crippen LogP contribution in [0.3, 0.4) is 0 Å². The van der Waals surface area contributed by atoms with E-state index in [0.717, 1.165) is 12.0 Å². The fourth-order valence-corrected chi connectivity index (χ4v) is 4.37. The van der Waals surface area contributed by atoms with Crippen LogP contribution in [-0.2, 0) is 0 Å². The van der Waals surface area contributed by atoms with E-state index in [2.05, 4.69) is 33.0 Å². The second-order valence-electron chi connectivity index (χ2n) is 8.62. The van der Waals surface area contributed by atoms with Gasteiger partial charge in [0.1, 0.15) is 0 Å². The summed E-state index contributed by atoms with van der Waals surface area (Å²) < 4.78 is 0. The van der Waals surface area contributed by atoms with Gasteiger partial charge in [-0.15, -0.1) is 0 Å². The van der Waals surface area contributed by atoms with Gasteiger partial charge in [0, 0.05) is 12.6 Å². The number of hydrogen-bond donors (Lipinski definition) is 1. The van der Waals surface area contributed by atoms with Crippen LogP contribution >= 0.6 is 0 Å². The lowest BCUT2D eigenvalue weighted by Crippen LogP contribution is -2.47. The highest BCUT2D eigenvalue weighted by atomic mass is 14.9. The fraction of sp³-hybridized carbons (Fsp3) is 1.00. The van der Waals surface area contributed by atoms with Gasteiger partial charge in [-0.2, -0.15) is 0 Å². The summed E-state index contributed by atoms with van der Waals surface area (Å²) in [6, 6.07) is 0.771. The largest absolute Gasteiger partial charge is 0.313 e. The van der Waals surface area contributed by atoms with Crippen molar-refractivity contribution in [1.29, 1.82) is 0 Å². The molecule has 0 bridgehead atoms.